The van der Waals surface area contributed by atoms with Crippen molar-refractivity contribution < 1.29 is 4.79 Å². The van der Waals surface area contributed by atoms with Crippen LogP contribution in [0.2, 0.25) is 0 Å². The Morgan fingerprint density at radius 2 is 1.87 bits per heavy atom. The summed E-state index contributed by atoms with van der Waals surface area (Å²) in [5, 5.41) is 0. The van der Waals surface area contributed by atoms with E-state index in [-0.39, 0.29) is 17.9 Å². The van der Waals surface area contributed by atoms with Crippen molar-refractivity contribution in [2.45, 2.75) is 26.3 Å². The van der Waals surface area contributed by atoms with Crippen molar-refractivity contribution in [1.82, 2.24) is 9.80 Å². The molecule has 1 aromatic rings. The van der Waals surface area contributed by atoms with Crippen molar-refractivity contribution in [1.29, 1.82) is 0 Å². The van der Waals surface area contributed by atoms with Crippen LogP contribution >= 0.6 is 0 Å². The van der Waals surface area contributed by atoms with Crippen molar-refractivity contribution in [2.24, 2.45) is 11.7 Å². The van der Waals surface area contributed by atoms with Crippen LogP contribution in [0.15, 0.2) is 36.4 Å². The van der Waals surface area contributed by atoms with Gasteiger partial charge in [0, 0.05) is 32.7 Å². The summed E-state index contributed by atoms with van der Waals surface area (Å²) in [6, 6.07) is 9.96. The average Bonchev–Trinajstić information content (AvgIpc) is 2.61. The lowest BCUT2D eigenvalue weighted by atomic mass is 9.98. The number of hydrogen-bond donors (Lipinski definition) is 1. The third-order valence-corrected chi connectivity index (χ3v) is 4.70. The molecule has 0 aromatic heterocycles. The standard InChI is InChI=1S/C19H29N3O/c1-3-16(2)18(20)19(23)22-14-12-21(13-15-22)11-7-10-17-8-5-4-6-9-17/h4-10,16,18H,3,11-15,20H2,1-2H3. The van der Waals surface area contributed by atoms with Gasteiger partial charge >= 0.3 is 0 Å². The lowest BCUT2D eigenvalue weighted by Gasteiger charge is -2.36. The summed E-state index contributed by atoms with van der Waals surface area (Å²) in [6.45, 7) is 8.44. The number of hydrogen-bond acceptors (Lipinski definition) is 3. The van der Waals surface area contributed by atoms with Crippen molar-refractivity contribution in [3.05, 3.63) is 42.0 Å². The molecule has 1 aromatic carbocycles. The maximum absolute atomic E-state index is 12.4. The highest BCUT2D eigenvalue weighted by atomic mass is 16.2. The molecular formula is C19H29N3O. The first-order chi connectivity index (χ1) is 11.1. The quantitative estimate of drug-likeness (QED) is 0.876. The molecule has 1 aliphatic rings. The highest BCUT2D eigenvalue weighted by Crippen LogP contribution is 2.11. The maximum Gasteiger partial charge on any atom is 0.239 e. The predicted molar refractivity (Wildman–Crippen MR) is 95.9 cm³/mol. The molecule has 2 unspecified atom stereocenters. The Labute approximate surface area is 140 Å². The fourth-order valence-corrected chi connectivity index (χ4v) is 2.76. The highest BCUT2D eigenvalue weighted by molar-refractivity contribution is 5.82. The third kappa shape index (κ3) is 5.19. The molecule has 126 valence electrons. The van der Waals surface area contributed by atoms with Gasteiger partial charge in [-0.1, -0.05) is 62.8 Å². The Hall–Kier alpha value is -1.65. The van der Waals surface area contributed by atoms with Crippen LogP contribution in [-0.4, -0.2) is 54.5 Å². The highest BCUT2D eigenvalue weighted by Gasteiger charge is 2.27. The van der Waals surface area contributed by atoms with E-state index in [1.54, 1.807) is 0 Å². The van der Waals surface area contributed by atoms with Crippen LogP contribution in [-0.2, 0) is 4.79 Å². The molecule has 2 N–H and O–H groups in total. The number of piperazine rings is 1. The van der Waals surface area contributed by atoms with Gasteiger partial charge in [0.05, 0.1) is 6.04 Å². The minimum absolute atomic E-state index is 0.110. The second-order valence-corrected chi connectivity index (χ2v) is 6.35. The average molecular weight is 315 g/mol. The lowest BCUT2D eigenvalue weighted by Crippen LogP contribution is -2.54. The van der Waals surface area contributed by atoms with E-state index in [4.69, 9.17) is 5.73 Å². The molecule has 0 spiro atoms. The van der Waals surface area contributed by atoms with Gasteiger partial charge in [-0.05, 0) is 11.5 Å². The summed E-state index contributed by atoms with van der Waals surface area (Å²) >= 11 is 0. The van der Waals surface area contributed by atoms with E-state index in [0.717, 1.165) is 39.1 Å². The SMILES string of the molecule is CCC(C)C(N)C(=O)N1CCN(CC=Cc2ccccc2)CC1. The molecule has 0 saturated carbocycles. The van der Waals surface area contributed by atoms with Crippen LogP contribution in [0.4, 0.5) is 0 Å². The predicted octanol–water partition coefficient (Wildman–Crippen LogP) is 2.22. The van der Waals surface area contributed by atoms with Crippen LogP contribution in [0.5, 0.6) is 0 Å². The zero-order valence-electron chi connectivity index (χ0n) is 14.3. The number of carbonyl (C=O) groups is 1. The Kier molecular flexibility index (Phi) is 6.81. The minimum Gasteiger partial charge on any atom is -0.339 e. The van der Waals surface area contributed by atoms with Gasteiger partial charge in [-0.3, -0.25) is 9.69 Å². The lowest BCUT2D eigenvalue weighted by molar-refractivity contribution is -0.135. The van der Waals surface area contributed by atoms with Crippen LogP contribution in [0.3, 0.4) is 0 Å². The van der Waals surface area contributed by atoms with E-state index in [0.29, 0.717) is 0 Å². The normalized spacial score (nSPS) is 19.0. The van der Waals surface area contributed by atoms with Gasteiger partial charge in [0.25, 0.3) is 0 Å². The van der Waals surface area contributed by atoms with Crippen molar-refractivity contribution >= 4 is 12.0 Å². The van der Waals surface area contributed by atoms with Gasteiger partial charge < -0.3 is 10.6 Å². The maximum atomic E-state index is 12.4. The molecular weight excluding hydrogens is 286 g/mol. The Morgan fingerprint density at radius 3 is 2.48 bits per heavy atom. The molecule has 1 amide bonds. The topological polar surface area (TPSA) is 49.6 Å². The molecule has 0 radical (unpaired) electrons. The van der Waals surface area contributed by atoms with Crippen LogP contribution < -0.4 is 5.73 Å². The zero-order valence-corrected chi connectivity index (χ0v) is 14.3. The molecule has 1 heterocycles. The summed E-state index contributed by atoms with van der Waals surface area (Å²) in [7, 11) is 0. The van der Waals surface area contributed by atoms with Crippen LogP contribution in [0.1, 0.15) is 25.8 Å². The number of nitrogens with zero attached hydrogens (tertiary/aromatic N) is 2. The fourth-order valence-electron chi connectivity index (χ4n) is 2.76. The van der Waals surface area contributed by atoms with Gasteiger partial charge in [0.1, 0.15) is 0 Å². The fraction of sp³-hybridized carbons (Fsp3) is 0.526. The Bertz CT molecular complexity index is 507. The van der Waals surface area contributed by atoms with Crippen molar-refractivity contribution in [3.8, 4) is 0 Å². The summed E-state index contributed by atoms with van der Waals surface area (Å²) in [6.07, 6.45) is 5.28. The summed E-state index contributed by atoms with van der Waals surface area (Å²) in [5.74, 6) is 0.355. The van der Waals surface area contributed by atoms with Crippen molar-refractivity contribution in [3.63, 3.8) is 0 Å². The van der Waals surface area contributed by atoms with Gasteiger partial charge in [0.15, 0.2) is 0 Å². The van der Waals surface area contributed by atoms with Crippen molar-refractivity contribution in [2.75, 3.05) is 32.7 Å². The van der Waals surface area contributed by atoms with E-state index < -0.39 is 0 Å². The number of benzene rings is 1. The smallest absolute Gasteiger partial charge is 0.239 e. The monoisotopic (exact) mass is 315 g/mol. The second-order valence-electron chi connectivity index (χ2n) is 6.35. The van der Waals surface area contributed by atoms with Gasteiger partial charge in [-0.25, -0.2) is 0 Å². The van der Waals surface area contributed by atoms with Gasteiger partial charge in [-0.2, -0.15) is 0 Å². The van der Waals surface area contributed by atoms with Crippen LogP contribution in [0, 0.1) is 5.92 Å². The molecule has 2 atom stereocenters. The zero-order chi connectivity index (χ0) is 16.7. The van der Waals surface area contributed by atoms with Gasteiger partial charge in [-0.15, -0.1) is 0 Å². The molecule has 4 nitrogen and oxygen atoms in total. The largest absolute Gasteiger partial charge is 0.339 e. The summed E-state index contributed by atoms with van der Waals surface area (Å²) < 4.78 is 0. The molecule has 1 saturated heterocycles. The van der Waals surface area contributed by atoms with E-state index >= 15 is 0 Å². The summed E-state index contributed by atoms with van der Waals surface area (Å²) in [5.41, 5.74) is 7.29. The Balaban J connectivity index is 1.75. The van der Waals surface area contributed by atoms with E-state index in [1.807, 2.05) is 30.0 Å². The van der Waals surface area contributed by atoms with E-state index in [9.17, 15) is 4.79 Å². The number of amides is 1. The number of carbonyl (C=O) groups excluding carboxylic acids is 1. The summed E-state index contributed by atoms with van der Waals surface area (Å²) in [4.78, 5) is 16.7. The van der Waals surface area contributed by atoms with Gasteiger partial charge in [0.2, 0.25) is 5.91 Å². The van der Waals surface area contributed by atoms with E-state index in [1.165, 1.54) is 5.56 Å². The molecule has 1 fully saturated rings. The first-order valence-corrected chi connectivity index (χ1v) is 8.60. The molecule has 23 heavy (non-hydrogen) atoms. The minimum atomic E-state index is -0.357. The van der Waals surface area contributed by atoms with Crippen LogP contribution in [0.25, 0.3) is 6.08 Å². The molecule has 1 aliphatic heterocycles. The number of nitrogens with two attached hydrogens (primary N) is 1. The molecule has 0 bridgehead atoms. The first-order valence-electron chi connectivity index (χ1n) is 8.60. The first kappa shape index (κ1) is 17.7. The van der Waals surface area contributed by atoms with E-state index in [2.05, 4.69) is 36.1 Å². The Morgan fingerprint density at radius 1 is 1.22 bits per heavy atom. The second kappa shape index (κ2) is 8.85. The third-order valence-electron chi connectivity index (χ3n) is 4.70. The molecule has 4 heteroatoms. The molecule has 0 aliphatic carbocycles. The number of rotatable bonds is 6. The molecule has 2 rings (SSSR count).